The van der Waals surface area contributed by atoms with Crippen LogP contribution in [0, 0.1) is 5.92 Å². The molecule has 2 atom stereocenters. The van der Waals surface area contributed by atoms with Crippen molar-refractivity contribution in [2.75, 3.05) is 19.0 Å². The topological polar surface area (TPSA) is 79.5 Å². The highest BCUT2D eigenvalue weighted by molar-refractivity contribution is 5.74. The summed E-state index contributed by atoms with van der Waals surface area (Å²) in [6.07, 6.45) is 0.602. The predicted molar refractivity (Wildman–Crippen MR) is 47.1 cm³/mol. The van der Waals surface area contributed by atoms with Crippen LogP contribution in [0.5, 0.6) is 0 Å². The Morgan fingerprint density at radius 3 is 2.79 bits per heavy atom. The normalized spacial score (nSPS) is 24.7. The van der Waals surface area contributed by atoms with Crippen molar-refractivity contribution in [1.29, 1.82) is 0 Å². The van der Waals surface area contributed by atoms with Crippen LogP contribution in [0.25, 0.3) is 0 Å². The molecule has 2 rings (SSSR count). The van der Waals surface area contributed by atoms with Gasteiger partial charge in [-0.25, -0.2) is 0 Å². The van der Waals surface area contributed by atoms with Crippen molar-refractivity contribution in [3.8, 4) is 0 Å². The lowest BCUT2D eigenvalue weighted by atomic mass is 10.3. The summed E-state index contributed by atoms with van der Waals surface area (Å²) < 4.78 is 4.96. The molecule has 1 aliphatic carbocycles. The quantitative estimate of drug-likeness (QED) is 0.751. The zero-order valence-electron chi connectivity index (χ0n) is 7.97. The first-order valence-electron chi connectivity index (χ1n) is 4.33. The Morgan fingerprint density at radius 1 is 1.64 bits per heavy atom. The van der Waals surface area contributed by atoms with Crippen molar-refractivity contribution >= 4 is 11.9 Å². The maximum absolute atomic E-state index is 10.6. The zero-order valence-corrected chi connectivity index (χ0v) is 7.97. The van der Waals surface area contributed by atoms with Crippen molar-refractivity contribution in [3.63, 3.8) is 0 Å². The summed E-state index contributed by atoms with van der Waals surface area (Å²) in [6.45, 7) is 0. The van der Waals surface area contributed by atoms with Gasteiger partial charge >= 0.3 is 5.97 Å². The Morgan fingerprint density at radius 2 is 2.36 bits per heavy atom. The molecule has 0 aromatic carbocycles. The van der Waals surface area contributed by atoms with Gasteiger partial charge in [0.1, 0.15) is 0 Å². The van der Waals surface area contributed by atoms with E-state index < -0.39 is 5.97 Å². The first-order valence-corrected chi connectivity index (χ1v) is 4.33. The molecule has 0 saturated heterocycles. The van der Waals surface area contributed by atoms with E-state index in [1.807, 2.05) is 0 Å². The number of hydrogen-bond acceptors (Lipinski definition) is 5. The van der Waals surface area contributed by atoms with E-state index in [9.17, 15) is 4.79 Å². The maximum Gasteiger partial charge on any atom is 0.307 e. The molecule has 0 radical (unpaired) electrons. The van der Waals surface area contributed by atoms with Gasteiger partial charge in [-0.2, -0.15) is 4.98 Å². The van der Waals surface area contributed by atoms with Gasteiger partial charge in [-0.3, -0.25) is 4.79 Å². The van der Waals surface area contributed by atoms with E-state index in [1.54, 1.807) is 19.0 Å². The summed E-state index contributed by atoms with van der Waals surface area (Å²) >= 11 is 0. The number of aliphatic carboxylic acids is 1. The third-order valence-electron chi connectivity index (χ3n) is 2.26. The Balaban J connectivity index is 2.09. The molecule has 6 nitrogen and oxygen atoms in total. The summed E-state index contributed by atoms with van der Waals surface area (Å²) in [5.74, 6) is -0.309. The highest BCUT2D eigenvalue weighted by Crippen LogP contribution is 2.46. The number of aromatic nitrogens is 2. The van der Waals surface area contributed by atoms with Gasteiger partial charge in [-0.05, 0) is 11.6 Å². The Hall–Kier alpha value is -1.59. The van der Waals surface area contributed by atoms with E-state index in [0.717, 1.165) is 0 Å². The Labute approximate surface area is 80.5 Å². The van der Waals surface area contributed by atoms with Crippen LogP contribution in [-0.4, -0.2) is 35.3 Å². The molecule has 1 heterocycles. The van der Waals surface area contributed by atoms with Crippen LogP contribution in [0.4, 0.5) is 5.95 Å². The van der Waals surface area contributed by atoms with E-state index in [0.29, 0.717) is 18.3 Å². The van der Waals surface area contributed by atoms with Crippen LogP contribution in [0.15, 0.2) is 4.52 Å². The van der Waals surface area contributed by atoms with Gasteiger partial charge in [-0.15, -0.1) is 0 Å². The number of hydrogen-bond donors (Lipinski definition) is 1. The van der Waals surface area contributed by atoms with Crippen molar-refractivity contribution in [3.05, 3.63) is 5.89 Å². The second-order valence-electron chi connectivity index (χ2n) is 3.61. The molecule has 1 aromatic rings. The van der Waals surface area contributed by atoms with Crippen LogP contribution in [0.2, 0.25) is 0 Å². The van der Waals surface area contributed by atoms with Crippen LogP contribution in [0.3, 0.4) is 0 Å². The summed E-state index contributed by atoms with van der Waals surface area (Å²) in [5, 5.41) is 12.4. The summed E-state index contributed by atoms with van der Waals surface area (Å²) in [7, 11) is 3.60. The van der Waals surface area contributed by atoms with Crippen LogP contribution < -0.4 is 4.90 Å². The van der Waals surface area contributed by atoms with E-state index in [4.69, 9.17) is 9.63 Å². The highest BCUT2D eigenvalue weighted by Gasteiger charge is 2.48. The lowest BCUT2D eigenvalue weighted by molar-refractivity contribution is -0.138. The number of nitrogens with zero attached hydrogens (tertiary/aromatic N) is 3. The minimum Gasteiger partial charge on any atom is -0.481 e. The van der Waals surface area contributed by atoms with Gasteiger partial charge in [0, 0.05) is 14.1 Å². The summed E-state index contributed by atoms with van der Waals surface area (Å²) in [5.41, 5.74) is 0. The standard InChI is InChI=1S/C8H11N3O3/c1-11(2)8-9-6(14-10-8)4-3-5(4)7(12)13/h4-5H,3H2,1-2H3,(H,12,13). The zero-order chi connectivity index (χ0) is 10.3. The monoisotopic (exact) mass is 197 g/mol. The fourth-order valence-electron chi connectivity index (χ4n) is 1.30. The van der Waals surface area contributed by atoms with Crippen LogP contribution >= 0.6 is 0 Å². The molecule has 1 N–H and O–H groups in total. The summed E-state index contributed by atoms with van der Waals surface area (Å²) in [6, 6.07) is 0. The van der Waals surface area contributed by atoms with Gasteiger partial charge < -0.3 is 14.5 Å². The number of carboxylic acids is 1. The molecule has 0 amide bonds. The maximum atomic E-state index is 10.6. The van der Waals surface area contributed by atoms with E-state index in [1.165, 1.54) is 0 Å². The molecule has 1 saturated carbocycles. The minimum atomic E-state index is -0.792. The molecule has 76 valence electrons. The van der Waals surface area contributed by atoms with Gasteiger partial charge in [0.05, 0.1) is 11.8 Å². The van der Waals surface area contributed by atoms with Crippen molar-refractivity contribution in [2.45, 2.75) is 12.3 Å². The molecule has 1 aliphatic rings. The third kappa shape index (κ3) is 1.43. The van der Waals surface area contributed by atoms with Gasteiger partial charge in [0.25, 0.3) is 5.95 Å². The lowest BCUT2D eigenvalue weighted by Crippen LogP contribution is -2.10. The number of carboxylic acid groups (broad SMARTS) is 1. The molecule has 14 heavy (non-hydrogen) atoms. The molecule has 0 spiro atoms. The first kappa shape index (κ1) is 8.98. The first-order chi connectivity index (χ1) is 6.59. The molecular formula is C8H11N3O3. The molecule has 1 aromatic heterocycles. The SMILES string of the molecule is CN(C)c1noc(C2CC2C(=O)O)n1. The fraction of sp³-hybridized carbons (Fsp3) is 0.625. The predicted octanol–water partition coefficient (Wildman–Crippen LogP) is 0.324. The largest absolute Gasteiger partial charge is 0.481 e. The Bertz CT molecular complexity index is 360. The fourth-order valence-corrected chi connectivity index (χ4v) is 1.30. The molecule has 2 unspecified atom stereocenters. The average Bonchev–Trinajstić information content (AvgIpc) is 2.76. The second-order valence-corrected chi connectivity index (χ2v) is 3.61. The highest BCUT2D eigenvalue weighted by atomic mass is 16.5. The third-order valence-corrected chi connectivity index (χ3v) is 2.26. The lowest BCUT2D eigenvalue weighted by Gasteiger charge is -2.02. The van der Waals surface area contributed by atoms with Crippen LogP contribution in [-0.2, 0) is 4.79 Å². The second kappa shape index (κ2) is 2.97. The van der Waals surface area contributed by atoms with Crippen LogP contribution in [0.1, 0.15) is 18.2 Å². The minimum absolute atomic E-state index is 0.0892. The van der Waals surface area contributed by atoms with Gasteiger partial charge in [0.2, 0.25) is 5.89 Å². The van der Waals surface area contributed by atoms with Crippen molar-refractivity contribution < 1.29 is 14.4 Å². The van der Waals surface area contributed by atoms with Gasteiger partial charge in [-0.1, -0.05) is 0 Å². The van der Waals surface area contributed by atoms with E-state index in [-0.39, 0.29) is 11.8 Å². The molecule has 1 fully saturated rings. The van der Waals surface area contributed by atoms with E-state index >= 15 is 0 Å². The molecule has 0 bridgehead atoms. The number of anilines is 1. The van der Waals surface area contributed by atoms with E-state index in [2.05, 4.69) is 10.1 Å². The van der Waals surface area contributed by atoms with Gasteiger partial charge in [0.15, 0.2) is 0 Å². The van der Waals surface area contributed by atoms with Crippen molar-refractivity contribution in [1.82, 2.24) is 10.1 Å². The number of rotatable bonds is 3. The molecule has 0 aliphatic heterocycles. The number of carbonyl (C=O) groups is 1. The Kier molecular flexibility index (Phi) is 1.90. The smallest absolute Gasteiger partial charge is 0.307 e. The summed E-state index contributed by atoms with van der Waals surface area (Å²) in [4.78, 5) is 16.4. The molecule has 6 heteroatoms. The average molecular weight is 197 g/mol. The molecular weight excluding hydrogens is 186 g/mol. The van der Waals surface area contributed by atoms with Crippen molar-refractivity contribution in [2.24, 2.45) is 5.92 Å².